The Hall–Kier alpha value is -2.86. The van der Waals surface area contributed by atoms with Gasteiger partial charge >= 0.3 is 0 Å². The molecule has 0 aromatic heterocycles. The van der Waals surface area contributed by atoms with Crippen molar-refractivity contribution in [2.45, 2.75) is 39.8 Å². The van der Waals surface area contributed by atoms with E-state index in [1.165, 1.54) is 16.0 Å². The third-order valence-electron chi connectivity index (χ3n) is 6.14. The molecule has 2 aromatic rings. The van der Waals surface area contributed by atoms with Gasteiger partial charge in [-0.25, -0.2) is 0 Å². The van der Waals surface area contributed by atoms with Gasteiger partial charge in [-0.3, -0.25) is 19.4 Å². The third-order valence-corrected chi connectivity index (χ3v) is 6.14. The van der Waals surface area contributed by atoms with Crippen molar-refractivity contribution in [2.24, 2.45) is 5.41 Å². The number of benzene rings is 2. The van der Waals surface area contributed by atoms with Gasteiger partial charge in [0.15, 0.2) is 6.61 Å². The average molecular weight is 422 g/mol. The first kappa shape index (κ1) is 21.4. The summed E-state index contributed by atoms with van der Waals surface area (Å²) in [7, 11) is 0. The van der Waals surface area contributed by atoms with Crippen LogP contribution in [-0.2, 0) is 22.6 Å². The Morgan fingerprint density at radius 3 is 2.58 bits per heavy atom. The van der Waals surface area contributed by atoms with Crippen molar-refractivity contribution < 1.29 is 14.3 Å². The Kier molecular flexibility index (Phi) is 6.01. The molecule has 0 spiro atoms. The molecule has 4 rings (SSSR count). The van der Waals surface area contributed by atoms with E-state index in [4.69, 9.17) is 4.74 Å². The standard InChI is InChI=1S/C25H31N3O3/c1-25(2,3)22(15-27-13-12-18-8-4-5-9-19(18)14-27)26-23(29)16-28-20-10-6-7-11-21(20)31-17-24(28)30/h4-11,22H,12-17H2,1-3H3,(H,26,29)/t22-/m0/s1. The molecule has 0 unspecified atom stereocenters. The van der Waals surface area contributed by atoms with Crippen molar-refractivity contribution in [3.63, 3.8) is 0 Å². The Morgan fingerprint density at radius 2 is 1.81 bits per heavy atom. The molecule has 6 nitrogen and oxygen atoms in total. The highest BCUT2D eigenvalue weighted by atomic mass is 16.5. The molecule has 2 heterocycles. The summed E-state index contributed by atoms with van der Waals surface area (Å²) in [6.07, 6.45) is 1.03. The number of carbonyl (C=O) groups is 2. The highest BCUT2D eigenvalue weighted by Crippen LogP contribution is 2.31. The first-order valence-electron chi connectivity index (χ1n) is 10.9. The fourth-order valence-electron chi connectivity index (χ4n) is 4.22. The SMILES string of the molecule is CC(C)(C)[C@H](CN1CCc2ccccc2C1)NC(=O)CN1C(=O)COc2ccccc21. The number of fused-ring (bicyclic) bond motifs is 2. The van der Waals surface area contributed by atoms with Crippen molar-refractivity contribution in [3.05, 3.63) is 59.7 Å². The quantitative estimate of drug-likeness (QED) is 0.806. The second kappa shape index (κ2) is 8.71. The second-order valence-corrected chi connectivity index (χ2v) is 9.48. The lowest BCUT2D eigenvalue weighted by molar-refractivity contribution is -0.126. The molecule has 0 bridgehead atoms. The molecule has 0 saturated heterocycles. The van der Waals surface area contributed by atoms with Crippen molar-refractivity contribution >= 4 is 17.5 Å². The lowest BCUT2D eigenvalue weighted by atomic mass is 9.85. The molecular weight excluding hydrogens is 390 g/mol. The molecule has 2 aliphatic heterocycles. The summed E-state index contributed by atoms with van der Waals surface area (Å²) in [6, 6.07) is 15.9. The van der Waals surface area contributed by atoms with E-state index >= 15 is 0 Å². The summed E-state index contributed by atoms with van der Waals surface area (Å²) in [5.41, 5.74) is 3.32. The van der Waals surface area contributed by atoms with Gasteiger partial charge in [-0.15, -0.1) is 0 Å². The topological polar surface area (TPSA) is 61.9 Å². The molecule has 2 aliphatic rings. The van der Waals surface area contributed by atoms with Crippen LogP contribution in [0.1, 0.15) is 31.9 Å². The predicted molar refractivity (Wildman–Crippen MR) is 121 cm³/mol. The van der Waals surface area contributed by atoms with Crippen LogP contribution in [0.25, 0.3) is 0 Å². The van der Waals surface area contributed by atoms with Gasteiger partial charge in [0.1, 0.15) is 12.3 Å². The van der Waals surface area contributed by atoms with Gasteiger partial charge < -0.3 is 10.1 Å². The van der Waals surface area contributed by atoms with Gasteiger partial charge in [0, 0.05) is 25.7 Å². The molecular formula is C25H31N3O3. The number of carbonyl (C=O) groups excluding carboxylic acids is 2. The highest BCUT2D eigenvalue weighted by Gasteiger charge is 2.32. The molecule has 1 atom stereocenters. The fourth-order valence-corrected chi connectivity index (χ4v) is 4.22. The minimum Gasteiger partial charge on any atom is -0.482 e. The van der Waals surface area contributed by atoms with Crippen molar-refractivity contribution in [3.8, 4) is 5.75 Å². The van der Waals surface area contributed by atoms with Crippen LogP contribution in [-0.4, -0.2) is 49.0 Å². The summed E-state index contributed by atoms with van der Waals surface area (Å²) in [5.74, 6) is 0.283. The van der Waals surface area contributed by atoms with Crippen LogP contribution in [0, 0.1) is 5.41 Å². The molecule has 2 aromatic carbocycles. The zero-order valence-corrected chi connectivity index (χ0v) is 18.6. The lowest BCUT2D eigenvalue weighted by Crippen LogP contribution is -2.54. The van der Waals surface area contributed by atoms with E-state index in [0.717, 1.165) is 26.1 Å². The lowest BCUT2D eigenvalue weighted by Gasteiger charge is -2.38. The van der Waals surface area contributed by atoms with Crippen LogP contribution in [0.3, 0.4) is 0 Å². The number of para-hydroxylation sites is 2. The maximum Gasteiger partial charge on any atom is 0.265 e. The fraction of sp³-hybridized carbons (Fsp3) is 0.440. The summed E-state index contributed by atoms with van der Waals surface area (Å²) >= 11 is 0. The Morgan fingerprint density at radius 1 is 1.10 bits per heavy atom. The Labute approximate surface area is 184 Å². The molecule has 2 amide bonds. The van der Waals surface area contributed by atoms with Crippen molar-refractivity contribution in [2.75, 3.05) is 31.1 Å². The number of rotatable bonds is 5. The molecule has 6 heteroatoms. The van der Waals surface area contributed by atoms with Crippen LogP contribution in [0.15, 0.2) is 48.5 Å². The monoisotopic (exact) mass is 421 g/mol. The molecule has 0 aliphatic carbocycles. The Balaban J connectivity index is 1.43. The van der Waals surface area contributed by atoms with Gasteiger partial charge in [-0.2, -0.15) is 0 Å². The maximum atomic E-state index is 13.0. The maximum absolute atomic E-state index is 13.0. The number of hydrogen-bond donors (Lipinski definition) is 1. The number of ether oxygens (including phenoxy) is 1. The number of nitrogens with zero attached hydrogens (tertiary/aromatic N) is 2. The van der Waals surface area contributed by atoms with E-state index in [9.17, 15) is 9.59 Å². The van der Waals surface area contributed by atoms with Gasteiger partial charge in [0.25, 0.3) is 5.91 Å². The molecule has 31 heavy (non-hydrogen) atoms. The summed E-state index contributed by atoms with van der Waals surface area (Å²) in [5, 5.41) is 3.21. The zero-order valence-electron chi connectivity index (χ0n) is 18.6. The smallest absolute Gasteiger partial charge is 0.265 e. The summed E-state index contributed by atoms with van der Waals surface area (Å²) < 4.78 is 5.48. The predicted octanol–water partition coefficient (Wildman–Crippen LogP) is 3.00. The van der Waals surface area contributed by atoms with E-state index in [-0.39, 0.29) is 36.4 Å². The first-order chi connectivity index (χ1) is 14.8. The minimum atomic E-state index is -0.200. The zero-order chi connectivity index (χ0) is 22.0. The van der Waals surface area contributed by atoms with E-state index < -0.39 is 0 Å². The average Bonchev–Trinajstić information content (AvgIpc) is 2.74. The van der Waals surface area contributed by atoms with Gasteiger partial charge in [-0.1, -0.05) is 57.2 Å². The third kappa shape index (κ3) is 4.90. The summed E-state index contributed by atoms with van der Waals surface area (Å²) in [6.45, 7) is 9.04. The van der Waals surface area contributed by atoms with Crippen LogP contribution < -0.4 is 15.0 Å². The van der Waals surface area contributed by atoms with E-state index in [2.05, 4.69) is 55.3 Å². The van der Waals surface area contributed by atoms with E-state index in [1.54, 1.807) is 0 Å². The van der Waals surface area contributed by atoms with Gasteiger partial charge in [0.05, 0.1) is 5.69 Å². The summed E-state index contributed by atoms with van der Waals surface area (Å²) in [4.78, 5) is 29.4. The molecule has 164 valence electrons. The number of hydrogen-bond acceptors (Lipinski definition) is 4. The normalized spacial score (nSPS) is 17.4. The van der Waals surface area contributed by atoms with E-state index in [0.29, 0.717) is 11.4 Å². The second-order valence-electron chi connectivity index (χ2n) is 9.48. The van der Waals surface area contributed by atoms with Crippen molar-refractivity contribution in [1.29, 1.82) is 0 Å². The first-order valence-corrected chi connectivity index (χ1v) is 10.9. The van der Waals surface area contributed by atoms with Crippen LogP contribution >= 0.6 is 0 Å². The number of anilines is 1. The largest absolute Gasteiger partial charge is 0.482 e. The molecule has 0 saturated carbocycles. The number of nitrogens with one attached hydrogen (secondary N) is 1. The van der Waals surface area contributed by atoms with Gasteiger partial charge in [0.2, 0.25) is 5.91 Å². The van der Waals surface area contributed by atoms with Crippen LogP contribution in [0.5, 0.6) is 5.75 Å². The van der Waals surface area contributed by atoms with Crippen LogP contribution in [0.4, 0.5) is 5.69 Å². The Bertz CT molecular complexity index is 966. The minimum absolute atomic E-state index is 0.00534. The van der Waals surface area contributed by atoms with Crippen molar-refractivity contribution in [1.82, 2.24) is 10.2 Å². The molecule has 0 radical (unpaired) electrons. The van der Waals surface area contributed by atoms with Gasteiger partial charge in [-0.05, 0) is 35.1 Å². The van der Waals surface area contributed by atoms with Crippen LogP contribution in [0.2, 0.25) is 0 Å². The van der Waals surface area contributed by atoms with E-state index in [1.807, 2.05) is 24.3 Å². The number of amides is 2. The molecule has 0 fully saturated rings. The highest BCUT2D eigenvalue weighted by molar-refractivity contribution is 6.02. The molecule has 1 N–H and O–H groups in total.